The summed E-state index contributed by atoms with van der Waals surface area (Å²) in [4.78, 5) is 27.6. The molecule has 0 aromatic heterocycles. The molecule has 7 nitrogen and oxygen atoms in total. The molecule has 0 spiro atoms. The van der Waals surface area contributed by atoms with Crippen LogP contribution in [0.1, 0.15) is 34.8 Å². The average molecular weight is 496 g/mol. The molecular formula is C23H24F3N3O4S. The third-order valence-corrected chi connectivity index (χ3v) is 8.11. The van der Waals surface area contributed by atoms with Gasteiger partial charge in [-0.3, -0.25) is 9.59 Å². The second-order valence-corrected chi connectivity index (χ2v) is 10.3. The standard InChI is InChI=1S/C23H24F3N3O4S/c1-16(30)27-11-13-28(14-12-27)34(32,33)20-7-4-17(5-8-20)22(31)29-10-2-3-18-15-19(23(24,25)26)6-9-21(18)29/h4-9,15H,2-3,10-14H2,1H3. The molecule has 0 radical (unpaired) electrons. The van der Waals surface area contributed by atoms with E-state index in [2.05, 4.69) is 0 Å². The number of fused-ring (bicyclic) bond motifs is 1. The second-order valence-electron chi connectivity index (χ2n) is 8.34. The molecule has 2 aliphatic heterocycles. The Balaban J connectivity index is 1.52. The van der Waals surface area contributed by atoms with Gasteiger partial charge >= 0.3 is 6.18 Å². The van der Waals surface area contributed by atoms with Crippen molar-refractivity contribution < 1.29 is 31.2 Å². The largest absolute Gasteiger partial charge is 0.416 e. The Bertz CT molecular complexity index is 1200. The molecule has 2 aromatic rings. The van der Waals surface area contributed by atoms with E-state index in [9.17, 15) is 31.2 Å². The van der Waals surface area contributed by atoms with Crippen molar-refractivity contribution in [1.82, 2.24) is 9.21 Å². The van der Waals surface area contributed by atoms with Gasteiger partial charge in [0.1, 0.15) is 0 Å². The first-order valence-corrected chi connectivity index (χ1v) is 12.3. The fourth-order valence-corrected chi connectivity index (χ4v) is 5.72. The van der Waals surface area contributed by atoms with Gasteiger partial charge in [-0.25, -0.2) is 8.42 Å². The first kappa shape index (κ1) is 24.2. The molecule has 1 saturated heterocycles. The Morgan fingerprint density at radius 2 is 1.56 bits per heavy atom. The van der Waals surface area contributed by atoms with Gasteiger partial charge in [0.2, 0.25) is 15.9 Å². The molecule has 182 valence electrons. The van der Waals surface area contributed by atoms with Crippen LogP contribution < -0.4 is 4.90 Å². The van der Waals surface area contributed by atoms with E-state index in [-0.39, 0.29) is 29.5 Å². The molecule has 0 bridgehead atoms. The summed E-state index contributed by atoms with van der Waals surface area (Å²) < 4.78 is 66.4. The van der Waals surface area contributed by atoms with Crippen molar-refractivity contribution in [3.05, 3.63) is 59.2 Å². The van der Waals surface area contributed by atoms with Gasteiger partial charge < -0.3 is 9.80 Å². The van der Waals surface area contributed by atoms with Gasteiger partial charge in [0.25, 0.3) is 5.91 Å². The van der Waals surface area contributed by atoms with E-state index in [1.54, 1.807) is 4.90 Å². The maximum Gasteiger partial charge on any atom is 0.416 e. The molecule has 2 aliphatic rings. The Morgan fingerprint density at radius 3 is 2.15 bits per heavy atom. The van der Waals surface area contributed by atoms with Crippen LogP contribution in [0.5, 0.6) is 0 Å². The van der Waals surface area contributed by atoms with Crippen LogP contribution in [-0.2, 0) is 27.4 Å². The van der Waals surface area contributed by atoms with E-state index in [1.165, 1.54) is 46.5 Å². The monoisotopic (exact) mass is 495 g/mol. The Morgan fingerprint density at radius 1 is 0.912 bits per heavy atom. The molecule has 0 saturated carbocycles. The predicted octanol–water partition coefficient (Wildman–Crippen LogP) is 3.15. The SMILES string of the molecule is CC(=O)N1CCN(S(=O)(=O)c2ccc(C(=O)N3CCCc4cc(C(F)(F)F)ccc43)cc2)CC1. The fraction of sp³-hybridized carbons (Fsp3) is 0.391. The van der Waals surface area contributed by atoms with Crippen LogP contribution in [0.2, 0.25) is 0 Å². The quantitative estimate of drug-likeness (QED) is 0.656. The lowest BCUT2D eigenvalue weighted by Crippen LogP contribution is -2.49. The number of carbonyl (C=O) groups is 2. The molecular weight excluding hydrogens is 471 g/mol. The van der Waals surface area contributed by atoms with E-state index in [0.29, 0.717) is 43.7 Å². The zero-order valence-corrected chi connectivity index (χ0v) is 19.3. The Labute approximate surface area is 195 Å². The third-order valence-electron chi connectivity index (χ3n) is 6.19. The lowest BCUT2D eigenvalue weighted by Gasteiger charge is -2.33. The summed E-state index contributed by atoms with van der Waals surface area (Å²) in [5.41, 5.74) is 0.384. The maximum atomic E-state index is 13.1. The molecule has 0 atom stereocenters. The van der Waals surface area contributed by atoms with Crippen molar-refractivity contribution in [3.8, 4) is 0 Å². The second kappa shape index (κ2) is 9.03. The van der Waals surface area contributed by atoms with Gasteiger partial charge in [0, 0.05) is 50.9 Å². The van der Waals surface area contributed by atoms with Gasteiger partial charge in [-0.05, 0) is 60.9 Å². The van der Waals surface area contributed by atoms with Gasteiger partial charge in [0.15, 0.2) is 0 Å². The Hall–Kier alpha value is -2.92. The minimum Gasteiger partial charge on any atom is -0.340 e. The van der Waals surface area contributed by atoms with Gasteiger partial charge in [-0.1, -0.05) is 0 Å². The highest BCUT2D eigenvalue weighted by Gasteiger charge is 2.33. The summed E-state index contributed by atoms with van der Waals surface area (Å²) in [5, 5.41) is 0. The highest BCUT2D eigenvalue weighted by Crippen LogP contribution is 2.35. The van der Waals surface area contributed by atoms with Crippen molar-refractivity contribution in [3.63, 3.8) is 0 Å². The summed E-state index contributed by atoms with van der Waals surface area (Å²) in [6.07, 6.45) is -3.49. The van der Waals surface area contributed by atoms with E-state index in [4.69, 9.17) is 0 Å². The number of piperazine rings is 1. The molecule has 11 heteroatoms. The normalized spacial score (nSPS) is 17.4. The number of benzene rings is 2. The van der Waals surface area contributed by atoms with E-state index in [1.807, 2.05) is 0 Å². The van der Waals surface area contributed by atoms with E-state index in [0.717, 1.165) is 12.1 Å². The summed E-state index contributed by atoms with van der Waals surface area (Å²) in [5.74, 6) is -0.506. The molecule has 0 N–H and O–H groups in total. The highest BCUT2D eigenvalue weighted by atomic mass is 32.2. The van der Waals surface area contributed by atoms with Crippen LogP contribution in [-0.4, -0.2) is 62.2 Å². The minimum absolute atomic E-state index is 0.0363. The molecule has 1 fully saturated rings. The van der Waals surface area contributed by atoms with Crippen LogP contribution in [0.4, 0.5) is 18.9 Å². The van der Waals surface area contributed by atoms with E-state index >= 15 is 0 Å². The summed E-state index contributed by atoms with van der Waals surface area (Å²) in [7, 11) is -3.78. The van der Waals surface area contributed by atoms with E-state index < -0.39 is 27.7 Å². The number of nitrogens with zero attached hydrogens (tertiary/aromatic N) is 3. The van der Waals surface area contributed by atoms with Crippen molar-refractivity contribution in [1.29, 1.82) is 0 Å². The number of aryl methyl sites for hydroxylation is 1. The summed E-state index contributed by atoms with van der Waals surface area (Å²) >= 11 is 0. The maximum absolute atomic E-state index is 13.1. The summed E-state index contributed by atoms with van der Waals surface area (Å²) in [6.45, 7) is 2.80. The molecule has 2 amide bonds. The lowest BCUT2D eigenvalue weighted by molar-refractivity contribution is -0.137. The van der Waals surface area contributed by atoms with Crippen molar-refractivity contribution in [2.75, 3.05) is 37.6 Å². The molecule has 0 aliphatic carbocycles. The molecule has 2 aromatic carbocycles. The molecule has 0 unspecified atom stereocenters. The molecule has 2 heterocycles. The molecule has 34 heavy (non-hydrogen) atoms. The van der Waals surface area contributed by atoms with Gasteiger partial charge in [-0.15, -0.1) is 0 Å². The zero-order valence-electron chi connectivity index (χ0n) is 18.5. The average Bonchev–Trinajstić information content (AvgIpc) is 2.82. The smallest absolute Gasteiger partial charge is 0.340 e. The number of amides is 2. The fourth-order valence-electron chi connectivity index (χ4n) is 4.30. The van der Waals surface area contributed by atoms with Crippen molar-refractivity contribution in [2.24, 2.45) is 0 Å². The van der Waals surface area contributed by atoms with Crippen LogP contribution in [0, 0.1) is 0 Å². The number of hydrogen-bond acceptors (Lipinski definition) is 4. The van der Waals surface area contributed by atoms with Gasteiger partial charge in [-0.2, -0.15) is 17.5 Å². The van der Waals surface area contributed by atoms with Gasteiger partial charge in [0.05, 0.1) is 10.5 Å². The highest BCUT2D eigenvalue weighted by molar-refractivity contribution is 7.89. The topological polar surface area (TPSA) is 78.0 Å². The zero-order chi connectivity index (χ0) is 24.7. The number of carbonyl (C=O) groups excluding carboxylic acids is 2. The number of anilines is 1. The van der Waals surface area contributed by atoms with Crippen LogP contribution >= 0.6 is 0 Å². The first-order valence-electron chi connectivity index (χ1n) is 10.9. The van der Waals surface area contributed by atoms with Crippen LogP contribution in [0.15, 0.2) is 47.4 Å². The Kier molecular flexibility index (Phi) is 6.43. The number of alkyl halides is 3. The molecule has 4 rings (SSSR count). The number of rotatable bonds is 3. The first-order chi connectivity index (χ1) is 16.0. The number of hydrogen-bond donors (Lipinski definition) is 0. The lowest BCUT2D eigenvalue weighted by atomic mass is 9.98. The minimum atomic E-state index is -4.46. The number of sulfonamides is 1. The predicted molar refractivity (Wildman–Crippen MR) is 119 cm³/mol. The van der Waals surface area contributed by atoms with Crippen LogP contribution in [0.3, 0.4) is 0 Å². The van der Waals surface area contributed by atoms with Crippen molar-refractivity contribution in [2.45, 2.75) is 30.8 Å². The van der Waals surface area contributed by atoms with Crippen LogP contribution in [0.25, 0.3) is 0 Å². The summed E-state index contributed by atoms with van der Waals surface area (Å²) in [6, 6.07) is 8.91. The number of halogens is 3. The van der Waals surface area contributed by atoms with Crippen molar-refractivity contribution >= 4 is 27.5 Å². The third kappa shape index (κ3) is 4.67.